The van der Waals surface area contributed by atoms with Gasteiger partial charge < -0.3 is 16.0 Å². The molecule has 5 heteroatoms. The van der Waals surface area contributed by atoms with Crippen molar-refractivity contribution in [3.63, 3.8) is 0 Å². The van der Waals surface area contributed by atoms with Crippen molar-refractivity contribution in [2.75, 3.05) is 0 Å². The number of hydrogen-bond acceptors (Lipinski definition) is 3. The van der Waals surface area contributed by atoms with Gasteiger partial charge in [0.1, 0.15) is 0 Å². The fraction of sp³-hybridized carbons (Fsp3) is 0.667. The number of hydrogen-bond donors (Lipinski definition) is 3. The molecular weight excluding hydrogens is 148 g/mol. The molecule has 0 aromatic carbocycles. The fourth-order valence-electron chi connectivity index (χ4n) is 0.173. The number of amides is 1. The molecule has 0 unspecified atom stereocenters. The van der Waals surface area contributed by atoms with E-state index in [-0.39, 0.29) is 5.41 Å². The minimum Gasteiger partial charge on any atom is -0.465 e. The normalized spacial score (nSPS) is 10.5. The van der Waals surface area contributed by atoms with Crippen LogP contribution in [0.4, 0.5) is 4.79 Å². The second kappa shape index (κ2) is 5.52. The first kappa shape index (κ1) is 12.4. The van der Waals surface area contributed by atoms with Crippen LogP contribution in [-0.2, 0) is 0 Å². The van der Waals surface area contributed by atoms with Crippen molar-refractivity contribution in [3.05, 3.63) is 0 Å². The van der Waals surface area contributed by atoms with Crippen molar-refractivity contribution >= 4 is 12.3 Å². The van der Waals surface area contributed by atoms with Gasteiger partial charge in [0.2, 0.25) is 0 Å². The SMILES string of the molecule is CC(C)(C)/C=N/O.NC(=O)O. The number of rotatable bonds is 0. The van der Waals surface area contributed by atoms with E-state index >= 15 is 0 Å². The van der Waals surface area contributed by atoms with Crippen molar-refractivity contribution in [2.24, 2.45) is 16.3 Å². The average Bonchev–Trinajstić information content (AvgIpc) is 1.58. The Kier molecular flexibility index (Phi) is 6.23. The van der Waals surface area contributed by atoms with Crippen LogP contribution in [0.25, 0.3) is 0 Å². The molecule has 0 atom stereocenters. The van der Waals surface area contributed by atoms with Crippen LogP contribution < -0.4 is 5.73 Å². The summed E-state index contributed by atoms with van der Waals surface area (Å²) >= 11 is 0. The van der Waals surface area contributed by atoms with Crippen LogP contribution in [0.1, 0.15) is 20.8 Å². The number of nitrogens with zero attached hydrogens (tertiary/aromatic N) is 1. The fourth-order valence-corrected chi connectivity index (χ4v) is 0.173. The molecule has 0 aromatic heterocycles. The number of carboxylic acid groups (broad SMARTS) is 1. The van der Waals surface area contributed by atoms with Gasteiger partial charge in [-0.25, -0.2) is 4.79 Å². The minimum atomic E-state index is -1.33. The van der Waals surface area contributed by atoms with E-state index in [9.17, 15) is 0 Å². The molecular formula is C6H14N2O3. The third-order valence-corrected chi connectivity index (χ3v) is 0.445. The molecule has 0 saturated carbocycles. The van der Waals surface area contributed by atoms with Crippen LogP contribution in [0.2, 0.25) is 0 Å². The summed E-state index contributed by atoms with van der Waals surface area (Å²) in [5, 5.41) is 18.0. The van der Waals surface area contributed by atoms with Crippen molar-refractivity contribution < 1.29 is 15.1 Å². The third-order valence-electron chi connectivity index (χ3n) is 0.445. The topological polar surface area (TPSA) is 95.9 Å². The Labute approximate surface area is 65.5 Å². The first-order valence-electron chi connectivity index (χ1n) is 2.96. The summed E-state index contributed by atoms with van der Waals surface area (Å²) in [6.45, 7) is 5.90. The predicted molar refractivity (Wildman–Crippen MR) is 41.9 cm³/mol. The van der Waals surface area contributed by atoms with Gasteiger partial charge in [-0.05, 0) is 0 Å². The zero-order chi connectivity index (χ0) is 9.49. The van der Waals surface area contributed by atoms with Gasteiger partial charge in [-0.1, -0.05) is 20.8 Å². The maximum Gasteiger partial charge on any atom is 0.402 e. The Morgan fingerprint density at radius 3 is 1.82 bits per heavy atom. The van der Waals surface area contributed by atoms with Crippen molar-refractivity contribution in [1.29, 1.82) is 0 Å². The third kappa shape index (κ3) is 52.9. The average molecular weight is 162 g/mol. The molecule has 0 heterocycles. The molecule has 5 nitrogen and oxygen atoms in total. The summed E-state index contributed by atoms with van der Waals surface area (Å²) in [5.74, 6) is 0. The lowest BCUT2D eigenvalue weighted by Gasteiger charge is -2.06. The molecule has 66 valence electrons. The quantitative estimate of drug-likeness (QED) is 0.283. The van der Waals surface area contributed by atoms with Crippen LogP contribution >= 0.6 is 0 Å². The Hall–Kier alpha value is -1.26. The smallest absolute Gasteiger partial charge is 0.402 e. The summed E-state index contributed by atoms with van der Waals surface area (Å²) in [5.41, 5.74) is 4.04. The second-order valence-electron chi connectivity index (χ2n) is 2.95. The highest BCUT2D eigenvalue weighted by Gasteiger charge is 2.03. The first-order valence-corrected chi connectivity index (χ1v) is 2.96. The molecule has 0 aliphatic heterocycles. The van der Waals surface area contributed by atoms with Gasteiger partial charge in [-0.3, -0.25) is 0 Å². The maximum atomic E-state index is 8.78. The van der Waals surface area contributed by atoms with Crippen molar-refractivity contribution in [1.82, 2.24) is 0 Å². The number of oxime groups is 1. The highest BCUT2D eigenvalue weighted by atomic mass is 16.4. The summed E-state index contributed by atoms with van der Waals surface area (Å²) in [4.78, 5) is 8.78. The molecule has 0 aromatic rings. The van der Waals surface area contributed by atoms with Gasteiger partial charge in [0.15, 0.2) is 0 Å². The van der Waals surface area contributed by atoms with E-state index in [1.165, 1.54) is 6.21 Å². The van der Waals surface area contributed by atoms with Crippen LogP contribution in [-0.4, -0.2) is 22.6 Å². The van der Waals surface area contributed by atoms with Crippen LogP contribution in [0.5, 0.6) is 0 Å². The summed E-state index contributed by atoms with van der Waals surface area (Å²) < 4.78 is 0. The molecule has 0 aliphatic carbocycles. The van der Waals surface area contributed by atoms with Crippen molar-refractivity contribution in [3.8, 4) is 0 Å². The maximum absolute atomic E-state index is 8.78. The van der Waals surface area contributed by atoms with E-state index < -0.39 is 6.09 Å². The largest absolute Gasteiger partial charge is 0.465 e. The lowest BCUT2D eigenvalue weighted by molar-refractivity contribution is 0.205. The van der Waals surface area contributed by atoms with Crippen LogP contribution in [0.15, 0.2) is 5.16 Å². The highest BCUT2D eigenvalue weighted by Crippen LogP contribution is 2.07. The lowest BCUT2D eigenvalue weighted by atomic mass is 10.00. The standard InChI is InChI=1S/C5H11NO.CH3NO2/c1-5(2,3)4-6-7;2-1(3)4/h4,7H,1-3H3;2H2,(H,3,4)/b6-4+;. The molecule has 1 amide bonds. The van der Waals surface area contributed by atoms with Crippen LogP contribution in [0, 0.1) is 5.41 Å². The Morgan fingerprint density at radius 2 is 1.82 bits per heavy atom. The molecule has 0 saturated heterocycles. The lowest BCUT2D eigenvalue weighted by Crippen LogP contribution is -2.05. The summed E-state index contributed by atoms with van der Waals surface area (Å²) in [6.07, 6.45) is 0.160. The van der Waals surface area contributed by atoms with E-state index in [1.807, 2.05) is 20.8 Å². The Bertz CT molecular complexity index is 133. The molecule has 0 bridgehead atoms. The molecule has 0 fully saturated rings. The molecule has 4 N–H and O–H groups in total. The zero-order valence-corrected chi connectivity index (χ0v) is 6.90. The summed E-state index contributed by atoms with van der Waals surface area (Å²) in [7, 11) is 0. The number of carbonyl (C=O) groups is 1. The zero-order valence-electron chi connectivity index (χ0n) is 6.90. The molecule has 0 radical (unpaired) electrons. The van der Waals surface area contributed by atoms with Gasteiger partial charge in [-0.15, -0.1) is 5.16 Å². The second-order valence-corrected chi connectivity index (χ2v) is 2.95. The molecule has 0 rings (SSSR count). The minimum absolute atomic E-state index is 0.00868. The summed E-state index contributed by atoms with van der Waals surface area (Å²) in [6, 6.07) is 0. The van der Waals surface area contributed by atoms with Crippen LogP contribution in [0.3, 0.4) is 0 Å². The van der Waals surface area contributed by atoms with E-state index in [0.717, 1.165) is 0 Å². The predicted octanol–water partition coefficient (Wildman–Crippen LogP) is 1.12. The highest BCUT2D eigenvalue weighted by molar-refractivity contribution is 5.62. The molecule has 0 aliphatic rings. The van der Waals surface area contributed by atoms with Gasteiger partial charge in [-0.2, -0.15) is 0 Å². The van der Waals surface area contributed by atoms with E-state index in [0.29, 0.717) is 0 Å². The monoisotopic (exact) mass is 162 g/mol. The number of primary amides is 1. The van der Waals surface area contributed by atoms with E-state index in [1.54, 1.807) is 0 Å². The van der Waals surface area contributed by atoms with E-state index in [2.05, 4.69) is 10.9 Å². The first-order chi connectivity index (χ1) is 4.79. The Morgan fingerprint density at radius 1 is 1.55 bits per heavy atom. The van der Waals surface area contributed by atoms with Gasteiger partial charge in [0.25, 0.3) is 0 Å². The molecule has 0 spiro atoms. The Balaban J connectivity index is 0. The number of nitrogens with two attached hydrogens (primary N) is 1. The molecule has 11 heavy (non-hydrogen) atoms. The van der Waals surface area contributed by atoms with Gasteiger partial charge >= 0.3 is 6.09 Å². The van der Waals surface area contributed by atoms with E-state index in [4.69, 9.17) is 15.1 Å². The van der Waals surface area contributed by atoms with Crippen molar-refractivity contribution in [2.45, 2.75) is 20.8 Å². The van der Waals surface area contributed by atoms with Gasteiger partial charge in [0.05, 0.1) is 0 Å². The van der Waals surface area contributed by atoms with Gasteiger partial charge in [0, 0.05) is 11.6 Å².